The van der Waals surface area contributed by atoms with E-state index in [2.05, 4.69) is 12.6 Å². The van der Waals surface area contributed by atoms with Gasteiger partial charge in [-0.25, -0.2) is 0 Å². The van der Waals surface area contributed by atoms with Crippen LogP contribution in [0.5, 0.6) is 17.2 Å². The van der Waals surface area contributed by atoms with Gasteiger partial charge in [-0.1, -0.05) is 0 Å². The number of aryl methyl sites for hydroxylation is 1. The molecule has 1 N–H and O–H groups in total. The minimum Gasteiger partial charge on any atom is -0.506 e. The zero-order valence-corrected chi connectivity index (χ0v) is 23.7. The van der Waals surface area contributed by atoms with Crippen LogP contribution in [-0.2, 0) is 34.8 Å². The predicted molar refractivity (Wildman–Crippen MR) is 144 cm³/mol. The van der Waals surface area contributed by atoms with Crippen LogP contribution in [0.15, 0.2) is 6.07 Å². The molecule has 2 bridgehead atoms. The molecule has 3 unspecified atom stereocenters. The van der Waals surface area contributed by atoms with Gasteiger partial charge in [0.1, 0.15) is 23.4 Å². The Kier molecular flexibility index (Phi) is 6.50. The lowest BCUT2D eigenvalue weighted by Crippen LogP contribution is -2.68. The number of hydrogen-bond donors (Lipinski definition) is 2. The Hall–Kier alpha value is -2.12. The number of fused-ring (bicyclic) bond motifs is 6. The summed E-state index contributed by atoms with van der Waals surface area (Å²) in [6.07, 6.45) is 0.0314. The van der Waals surface area contributed by atoms with E-state index < -0.39 is 36.2 Å². The number of ether oxygens (including phenoxy) is 8. The van der Waals surface area contributed by atoms with Crippen molar-refractivity contribution in [3.05, 3.63) is 28.3 Å². The molecular formula is C29H34O10S. The lowest BCUT2D eigenvalue weighted by molar-refractivity contribution is -0.378. The number of Topliss-reactive ketones (excluding diaryl/α,β-unsaturated/α-hetero) is 1. The van der Waals surface area contributed by atoms with Crippen LogP contribution in [0.4, 0.5) is 0 Å². The third-order valence-corrected chi connectivity index (χ3v) is 9.04. The molecular weight excluding hydrogens is 540 g/mol. The first-order valence-electron chi connectivity index (χ1n) is 13.9. The summed E-state index contributed by atoms with van der Waals surface area (Å²) in [6.45, 7) is 3.26. The van der Waals surface area contributed by atoms with Gasteiger partial charge in [0, 0.05) is 30.0 Å². The van der Waals surface area contributed by atoms with E-state index in [1.54, 1.807) is 14.2 Å². The fourth-order valence-corrected chi connectivity index (χ4v) is 7.32. The first-order chi connectivity index (χ1) is 19.4. The van der Waals surface area contributed by atoms with Crippen LogP contribution in [0.1, 0.15) is 58.8 Å². The number of rotatable bonds is 7. The minimum absolute atomic E-state index is 0.117. The largest absolute Gasteiger partial charge is 0.506 e. The highest BCUT2D eigenvalue weighted by Gasteiger charge is 2.81. The summed E-state index contributed by atoms with van der Waals surface area (Å²) < 4.78 is 50.7. The fraction of sp³-hybridized carbons (Fsp3) is 0.621. The minimum atomic E-state index is -1.45. The molecule has 1 aliphatic carbocycles. The summed E-state index contributed by atoms with van der Waals surface area (Å²) >= 11 is 4.35. The van der Waals surface area contributed by atoms with E-state index in [1.165, 1.54) is 0 Å². The van der Waals surface area contributed by atoms with E-state index in [9.17, 15) is 9.90 Å². The van der Waals surface area contributed by atoms with Crippen molar-refractivity contribution in [1.82, 2.24) is 0 Å². The van der Waals surface area contributed by atoms with E-state index in [1.807, 2.05) is 13.0 Å². The molecule has 4 heterocycles. The zero-order chi connectivity index (χ0) is 27.8. The molecule has 11 heteroatoms. The smallest absolute Gasteiger partial charge is 0.272 e. The number of carbonyl (C=O) groups excluding carboxylic acids is 1. The Labute approximate surface area is 237 Å². The normalized spacial score (nSPS) is 32.7. The maximum Gasteiger partial charge on any atom is 0.272 e. The molecule has 0 radical (unpaired) electrons. The standard InChI is InChI=1S/C29H34O10S/c1-14-13-16-20(21(31)19-15(22(16)32-2)7-4-8-17(19)30)23-18(14)24-25-28(37-23,36-11-6-12-40)26(33-3)29(38-24,39-25)27-34-9-5-10-35-27/h13,24-27,31,40H,4-12H2,1-3H3/t24-,25?,26?,28+,29?/m0/s1. The van der Waals surface area contributed by atoms with E-state index in [0.717, 1.165) is 17.5 Å². The fourth-order valence-electron chi connectivity index (χ4n) is 7.19. The monoisotopic (exact) mass is 574 g/mol. The molecule has 3 saturated heterocycles. The molecule has 4 aliphatic heterocycles. The maximum atomic E-state index is 13.1. The topological polar surface area (TPSA) is 111 Å². The Morgan fingerprint density at radius 2 is 1.95 bits per heavy atom. The summed E-state index contributed by atoms with van der Waals surface area (Å²) in [6, 6.07) is 1.95. The van der Waals surface area contributed by atoms with E-state index in [-0.39, 0.29) is 17.1 Å². The second-order valence-electron chi connectivity index (χ2n) is 11.0. The van der Waals surface area contributed by atoms with Gasteiger partial charge in [0.25, 0.3) is 11.6 Å². The van der Waals surface area contributed by atoms with Gasteiger partial charge >= 0.3 is 0 Å². The Morgan fingerprint density at radius 1 is 1.15 bits per heavy atom. The number of hydrogen-bond acceptors (Lipinski definition) is 11. The number of phenols is 1. The van der Waals surface area contributed by atoms with Gasteiger partial charge in [-0.15, -0.1) is 0 Å². The number of aromatic hydroxyl groups is 1. The summed E-state index contributed by atoms with van der Waals surface area (Å²) in [5, 5.41) is 12.7. The quantitative estimate of drug-likeness (QED) is 0.375. The van der Waals surface area contributed by atoms with Gasteiger partial charge in [0.2, 0.25) is 6.29 Å². The van der Waals surface area contributed by atoms with Crippen LogP contribution in [0.25, 0.3) is 10.8 Å². The first-order valence-corrected chi connectivity index (χ1v) is 14.5. The molecule has 3 fully saturated rings. The summed E-state index contributed by atoms with van der Waals surface area (Å²) in [5.41, 5.74) is 2.58. The third-order valence-electron chi connectivity index (χ3n) is 8.73. The Morgan fingerprint density at radius 3 is 2.67 bits per heavy atom. The second kappa shape index (κ2) is 9.72. The van der Waals surface area contributed by atoms with Gasteiger partial charge in [-0.3, -0.25) is 4.79 Å². The molecule has 0 spiro atoms. The first kappa shape index (κ1) is 26.8. The van der Waals surface area contributed by atoms with Gasteiger partial charge in [-0.2, -0.15) is 12.6 Å². The Balaban J connectivity index is 1.48. The van der Waals surface area contributed by atoms with Crippen molar-refractivity contribution in [2.45, 2.75) is 75.2 Å². The zero-order valence-electron chi connectivity index (χ0n) is 22.8. The average Bonchev–Trinajstić information content (AvgIpc) is 3.48. The van der Waals surface area contributed by atoms with Crippen molar-refractivity contribution in [2.75, 3.05) is 39.8 Å². The second-order valence-corrected chi connectivity index (χ2v) is 11.4. The van der Waals surface area contributed by atoms with Crippen LogP contribution in [0, 0.1) is 6.92 Å². The molecule has 40 heavy (non-hydrogen) atoms. The number of phenolic OH excluding ortho intramolecular Hbond substituents is 1. The molecule has 2 aromatic rings. The third kappa shape index (κ3) is 3.43. The molecule has 0 saturated carbocycles. The van der Waals surface area contributed by atoms with Crippen molar-refractivity contribution in [3.8, 4) is 17.2 Å². The van der Waals surface area contributed by atoms with Gasteiger partial charge in [-0.05, 0) is 50.0 Å². The lowest BCUT2D eigenvalue weighted by Gasteiger charge is -2.50. The van der Waals surface area contributed by atoms with Crippen molar-refractivity contribution in [2.24, 2.45) is 0 Å². The summed E-state index contributed by atoms with van der Waals surface area (Å²) in [7, 11) is 3.13. The average molecular weight is 575 g/mol. The molecule has 0 amide bonds. The highest BCUT2D eigenvalue weighted by molar-refractivity contribution is 7.80. The maximum absolute atomic E-state index is 13.1. The highest BCUT2D eigenvalue weighted by atomic mass is 32.1. The number of thiol groups is 1. The lowest BCUT2D eigenvalue weighted by atomic mass is 9.81. The van der Waals surface area contributed by atoms with E-state index in [4.69, 9.17) is 37.9 Å². The summed E-state index contributed by atoms with van der Waals surface area (Å²) in [4.78, 5) is 13.1. The molecule has 0 aromatic heterocycles. The van der Waals surface area contributed by atoms with Crippen LogP contribution >= 0.6 is 12.6 Å². The molecule has 5 atom stereocenters. The molecule has 7 rings (SSSR count). The predicted octanol–water partition coefficient (Wildman–Crippen LogP) is 3.75. The number of methoxy groups -OCH3 is 2. The van der Waals surface area contributed by atoms with Gasteiger partial charge in [0.05, 0.1) is 37.9 Å². The van der Waals surface area contributed by atoms with E-state index in [0.29, 0.717) is 79.1 Å². The van der Waals surface area contributed by atoms with E-state index >= 15 is 0 Å². The van der Waals surface area contributed by atoms with Crippen LogP contribution < -0.4 is 9.47 Å². The molecule has 5 aliphatic rings. The van der Waals surface area contributed by atoms with Crippen LogP contribution in [-0.4, -0.2) is 80.8 Å². The van der Waals surface area contributed by atoms with Crippen molar-refractivity contribution >= 4 is 29.2 Å². The SMILES string of the molecule is COc1c2c(c(O)c3c4c(c(C)cc13)[C@@H]1OC3(C5OCCCO5)OC1[C@@](OCCCS)(O4)C3OC)C(=O)CCC2. The van der Waals surface area contributed by atoms with Gasteiger partial charge < -0.3 is 43.0 Å². The molecule has 2 aromatic carbocycles. The van der Waals surface area contributed by atoms with Crippen molar-refractivity contribution < 1.29 is 47.8 Å². The molecule has 10 nitrogen and oxygen atoms in total. The van der Waals surface area contributed by atoms with Crippen molar-refractivity contribution in [1.29, 1.82) is 0 Å². The highest BCUT2D eigenvalue weighted by Crippen LogP contribution is 2.65. The van der Waals surface area contributed by atoms with Crippen LogP contribution in [0.2, 0.25) is 0 Å². The number of carbonyl (C=O) groups is 1. The van der Waals surface area contributed by atoms with Gasteiger partial charge in [0.15, 0.2) is 18.0 Å². The van der Waals surface area contributed by atoms with Crippen molar-refractivity contribution in [3.63, 3.8) is 0 Å². The molecule has 216 valence electrons. The number of ketones is 1. The van der Waals surface area contributed by atoms with Crippen LogP contribution in [0.3, 0.4) is 0 Å². The number of benzene rings is 2. The summed E-state index contributed by atoms with van der Waals surface area (Å²) in [5.74, 6) is -1.57. The Bertz CT molecular complexity index is 1370.